The van der Waals surface area contributed by atoms with Gasteiger partial charge in [0.1, 0.15) is 0 Å². The fourth-order valence-electron chi connectivity index (χ4n) is 0. The van der Waals surface area contributed by atoms with Crippen molar-refractivity contribution >= 4 is 23.8 Å². The average molecular weight is 140 g/mol. The van der Waals surface area contributed by atoms with Crippen molar-refractivity contribution in [3.8, 4) is 0 Å². The van der Waals surface area contributed by atoms with Gasteiger partial charge in [0.15, 0.2) is 0 Å². The zero-order valence-corrected chi connectivity index (χ0v) is 5.37. The Morgan fingerprint density at radius 1 is 1.71 bits per heavy atom. The lowest BCUT2D eigenvalue weighted by Gasteiger charge is -1.97. The molecule has 7 heavy (non-hydrogen) atoms. The molecular formula is C2H5O3PS. The lowest BCUT2D eigenvalue weighted by Crippen LogP contribution is -1.88. The molecule has 0 spiro atoms. The van der Waals surface area contributed by atoms with Gasteiger partial charge in [-0.2, -0.15) is 0 Å². The minimum absolute atomic E-state index is 0.720. The fourth-order valence-corrected chi connectivity index (χ4v) is 0. The van der Waals surface area contributed by atoms with E-state index in [9.17, 15) is 4.79 Å². The Kier molecular flexibility index (Phi) is 2.08. The molecule has 0 aliphatic heterocycles. The predicted molar refractivity (Wildman–Crippen MR) is 29.4 cm³/mol. The van der Waals surface area contributed by atoms with Crippen LogP contribution < -0.4 is 0 Å². The van der Waals surface area contributed by atoms with Crippen molar-refractivity contribution in [2.45, 2.75) is 6.92 Å². The molecule has 0 saturated carbocycles. The van der Waals surface area contributed by atoms with Gasteiger partial charge in [-0.05, 0) is 11.8 Å². The maximum atomic E-state index is 9.91. The van der Waals surface area contributed by atoms with Crippen molar-refractivity contribution in [1.82, 2.24) is 0 Å². The van der Waals surface area contributed by atoms with Gasteiger partial charge in [-0.3, -0.25) is 4.79 Å². The zero-order valence-electron chi connectivity index (χ0n) is 3.66. The molecule has 0 bridgehead atoms. The highest BCUT2D eigenvalue weighted by Crippen LogP contribution is 2.34. The van der Waals surface area contributed by atoms with Gasteiger partial charge >= 0.3 is 0 Å². The molecule has 0 aromatic carbocycles. The van der Waals surface area contributed by atoms with E-state index >= 15 is 0 Å². The summed E-state index contributed by atoms with van der Waals surface area (Å²) < 4.78 is 0. The molecule has 0 aliphatic carbocycles. The Balaban J connectivity index is 4.09. The van der Waals surface area contributed by atoms with Crippen molar-refractivity contribution < 1.29 is 14.6 Å². The van der Waals surface area contributed by atoms with E-state index in [1.165, 1.54) is 0 Å². The smallest absolute Gasteiger partial charge is 0.249 e. The number of rotatable bonds is 1. The van der Waals surface area contributed by atoms with E-state index in [0.717, 1.165) is 6.92 Å². The highest BCUT2D eigenvalue weighted by atomic mass is 32.5. The molecule has 0 heterocycles. The second kappa shape index (κ2) is 2.01. The third-order valence-corrected chi connectivity index (χ3v) is 2.00. The summed E-state index contributed by atoms with van der Waals surface area (Å²) >= 11 is 3.98. The first-order valence-corrected chi connectivity index (χ1v) is 4.22. The van der Waals surface area contributed by atoms with Gasteiger partial charge in [0.25, 0.3) is 0 Å². The highest BCUT2D eigenvalue weighted by molar-refractivity contribution is 8.16. The van der Waals surface area contributed by atoms with Crippen LogP contribution in [-0.4, -0.2) is 15.3 Å². The van der Waals surface area contributed by atoms with Gasteiger partial charge in [0.2, 0.25) is 12.0 Å². The van der Waals surface area contributed by atoms with Crippen LogP contribution in [0.15, 0.2) is 0 Å². The molecule has 0 aromatic heterocycles. The van der Waals surface area contributed by atoms with Crippen molar-refractivity contribution in [2.75, 3.05) is 0 Å². The standard InChI is InChI=1S/C2H5O3PS/c1-2(3)6(4,5)7/h1H3,(H2,4,5,7). The van der Waals surface area contributed by atoms with Crippen LogP contribution in [0.4, 0.5) is 0 Å². The van der Waals surface area contributed by atoms with Crippen LogP contribution in [0.3, 0.4) is 0 Å². The van der Waals surface area contributed by atoms with E-state index in [4.69, 9.17) is 9.79 Å². The first kappa shape index (κ1) is 7.24. The second-order valence-electron chi connectivity index (χ2n) is 1.06. The van der Waals surface area contributed by atoms with Crippen LogP contribution in [0.5, 0.6) is 0 Å². The van der Waals surface area contributed by atoms with Gasteiger partial charge in [0.05, 0.1) is 0 Å². The van der Waals surface area contributed by atoms with E-state index in [0.29, 0.717) is 0 Å². The minimum atomic E-state index is -3.54. The molecule has 0 radical (unpaired) electrons. The second-order valence-corrected chi connectivity index (χ2v) is 4.31. The molecule has 5 heteroatoms. The van der Waals surface area contributed by atoms with Crippen LogP contribution in [0, 0.1) is 0 Å². The first-order chi connectivity index (χ1) is 2.94. The normalized spacial score (nSPS) is 11.3. The Labute approximate surface area is 46.1 Å². The molecule has 0 atom stereocenters. The maximum absolute atomic E-state index is 9.91. The van der Waals surface area contributed by atoms with Gasteiger partial charge in [-0.15, -0.1) is 0 Å². The Morgan fingerprint density at radius 3 is 1.86 bits per heavy atom. The average Bonchev–Trinajstić information content (AvgIpc) is 1.31. The van der Waals surface area contributed by atoms with Gasteiger partial charge in [0, 0.05) is 6.92 Å². The summed E-state index contributed by atoms with van der Waals surface area (Å²) in [6, 6.07) is 0. The number of carbonyl (C=O) groups excluding carboxylic acids is 1. The summed E-state index contributed by atoms with van der Waals surface area (Å²) in [4.78, 5) is 26.4. The minimum Gasteiger partial charge on any atom is -0.340 e. The highest BCUT2D eigenvalue weighted by Gasteiger charge is 2.12. The quantitative estimate of drug-likeness (QED) is 0.496. The molecule has 0 unspecified atom stereocenters. The van der Waals surface area contributed by atoms with Crippen molar-refractivity contribution in [3.05, 3.63) is 0 Å². The number of hydrogen-bond donors (Lipinski definition) is 2. The maximum Gasteiger partial charge on any atom is 0.249 e. The Hall–Kier alpha value is 0.240. The lowest BCUT2D eigenvalue weighted by atomic mass is 10.9. The molecular weight excluding hydrogens is 135 g/mol. The SMILES string of the molecule is CC(=O)P(O)(O)=S. The van der Waals surface area contributed by atoms with E-state index in [1.54, 1.807) is 0 Å². The Morgan fingerprint density at radius 2 is 1.86 bits per heavy atom. The molecule has 42 valence electrons. The third-order valence-electron chi connectivity index (χ3n) is 0.410. The molecule has 0 rings (SSSR count). The summed E-state index contributed by atoms with van der Waals surface area (Å²) in [6.07, 6.45) is 0. The molecule has 3 nitrogen and oxygen atoms in total. The molecule has 2 N–H and O–H groups in total. The van der Waals surface area contributed by atoms with Gasteiger partial charge < -0.3 is 9.79 Å². The van der Waals surface area contributed by atoms with Crippen LogP contribution in [0.25, 0.3) is 0 Å². The molecule has 0 amide bonds. The number of carbonyl (C=O) groups is 1. The van der Waals surface area contributed by atoms with Crippen molar-refractivity contribution in [1.29, 1.82) is 0 Å². The fraction of sp³-hybridized carbons (Fsp3) is 0.500. The van der Waals surface area contributed by atoms with E-state index in [2.05, 4.69) is 11.8 Å². The lowest BCUT2D eigenvalue weighted by molar-refractivity contribution is -0.110. The molecule has 0 aromatic rings. The third kappa shape index (κ3) is 2.88. The molecule has 0 saturated heterocycles. The largest absolute Gasteiger partial charge is 0.340 e. The predicted octanol–water partition coefficient (Wildman–Crippen LogP) is -0.173. The van der Waals surface area contributed by atoms with Crippen molar-refractivity contribution in [2.24, 2.45) is 0 Å². The summed E-state index contributed by atoms with van der Waals surface area (Å²) in [6.45, 7) is -2.49. The molecule has 0 aliphatic rings. The summed E-state index contributed by atoms with van der Waals surface area (Å²) in [5.74, 6) is 0. The Bertz CT molecular complexity index is 125. The van der Waals surface area contributed by atoms with E-state index in [1.807, 2.05) is 0 Å². The van der Waals surface area contributed by atoms with Gasteiger partial charge in [-0.25, -0.2) is 0 Å². The van der Waals surface area contributed by atoms with Crippen LogP contribution in [0.2, 0.25) is 0 Å². The van der Waals surface area contributed by atoms with Crippen LogP contribution in [0.1, 0.15) is 6.92 Å². The zero-order chi connectivity index (χ0) is 6.08. The summed E-state index contributed by atoms with van der Waals surface area (Å²) in [5.41, 5.74) is -0.720. The monoisotopic (exact) mass is 140 g/mol. The topological polar surface area (TPSA) is 57.5 Å². The number of hydrogen-bond acceptors (Lipinski definition) is 2. The van der Waals surface area contributed by atoms with E-state index < -0.39 is 12.0 Å². The van der Waals surface area contributed by atoms with Crippen molar-refractivity contribution in [3.63, 3.8) is 0 Å². The summed E-state index contributed by atoms with van der Waals surface area (Å²) in [7, 11) is 0. The first-order valence-electron chi connectivity index (χ1n) is 1.51. The summed E-state index contributed by atoms with van der Waals surface area (Å²) in [5, 5.41) is 0. The molecule has 0 fully saturated rings. The van der Waals surface area contributed by atoms with E-state index in [-0.39, 0.29) is 0 Å². The van der Waals surface area contributed by atoms with Gasteiger partial charge in [-0.1, -0.05) is 0 Å². The van der Waals surface area contributed by atoms with Crippen LogP contribution >= 0.6 is 6.49 Å². The van der Waals surface area contributed by atoms with Crippen LogP contribution in [-0.2, 0) is 16.6 Å².